The molecule has 0 spiro atoms. The lowest BCUT2D eigenvalue weighted by atomic mass is 10.0. The Morgan fingerprint density at radius 1 is 1.05 bits per heavy atom. The van der Waals surface area contributed by atoms with E-state index in [0.29, 0.717) is 22.2 Å². The van der Waals surface area contributed by atoms with Crippen molar-refractivity contribution in [2.45, 2.75) is 13.0 Å². The highest BCUT2D eigenvalue weighted by Gasteiger charge is 2.12. The van der Waals surface area contributed by atoms with Gasteiger partial charge >= 0.3 is 5.97 Å². The summed E-state index contributed by atoms with van der Waals surface area (Å²) >= 11 is 11.7. The van der Waals surface area contributed by atoms with Crippen LogP contribution in [0, 0.1) is 0 Å². The fourth-order valence-electron chi connectivity index (χ4n) is 1.97. The van der Waals surface area contributed by atoms with Gasteiger partial charge in [0, 0.05) is 6.54 Å². The highest BCUT2D eigenvalue weighted by molar-refractivity contribution is 6.42. The van der Waals surface area contributed by atoms with Gasteiger partial charge in [-0.3, -0.25) is 4.79 Å². The second-order valence-electron chi connectivity index (χ2n) is 4.66. The van der Waals surface area contributed by atoms with E-state index in [2.05, 4.69) is 5.32 Å². The Bertz CT molecular complexity index is 716. The van der Waals surface area contributed by atoms with Gasteiger partial charge in [-0.1, -0.05) is 47.5 Å². The molecular weight excluding hydrogens is 325 g/mol. The Labute approximate surface area is 137 Å². The van der Waals surface area contributed by atoms with Crippen LogP contribution in [0.25, 0.3) is 0 Å². The molecule has 0 unspecified atom stereocenters. The molecule has 0 aliphatic rings. The minimum atomic E-state index is -1.05. The third-order valence-corrected chi connectivity index (χ3v) is 3.81. The van der Waals surface area contributed by atoms with Gasteiger partial charge in [0.25, 0.3) is 0 Å². The fourth-order valence-corrected chi connectivity index (χ4v) is 2.29. The number of carboxylic acid groups (broad SMARTS) is 1. The van der Waals surface area contributed by atoms with E-state index < -0.39 is 5.97 Å². The quantitative estimate of drug-likeness (QED) is 0.876. The SMILES string of the molecule is O=C(Cc1ccccc1C(=O)O)NCc1ccc(Cl)c(Cl)c1. The van der Waals surface area contributed by atoms with Crippen molar-refractivity contribution in [2.75, 3.05) is 0 Å². The van der Waals surface area contributed by atoms with Crippen LogP contribution in [-0.4, -0.2) is 17.0 Å². The summed E-state index contributed by atoms with van der Waals surface area (Å²) in [6, 6.07) is 11.5. The smallest absolute Gasteiger partial charge is 0.335 e. The molecule has 2 N–H and O–H groups in total. The molecule has 114 valence electrons. The van der Waals surface area contributed by atoms with Crippen LogP contribution in [0.3, 0.4) is 0 Å². The molecule has 4 nitrogen and oxygen atoms in total. The molecule has 0 bridgehead atoms. The molecule has 0 saturated carbocycles. The van der Waals surface area contributed by atoms with Crippen LogP contribution in [0.5, 0.6) is 0 Å². The molecule has 0 aliphatic heterocycles. The minimum Gasteiger partial charge on any atom is -0.478 e. The molecular formula is C16H13Cl2NO3. The molecule has 0 fully saturated rings. The lowest BCUT2D eigenvalue weighted by Crippen LogP contribution is -2.25. The Kier molecular flexibility index (Phi) is 5.41. The van der Waals surface area contributed by atoms with Crippen molar-refractivity contribution in [3.05, 3.63) is 69.2 Å². The van der Waals surface area contributed by atoms with E-state index in [1.165, 1.54) is 6.07 Å². The van der Waals surface area contributed by atoms with Crippen LogP contribution < -0.4 is 5.32 Å². The van der Waals surface area contributed by atoms with Gasteiger partial charge in [-0.15, -0.1) is 0 Å². The molecule has 1 amide bonds. The first-order valence-electron chi connectivity index (χ1n) is 6.49. The number of carbonyl (C=O) groups excluding carboxylic acids is 1. The predicted octanol–water partition coefficient (Wildman–Crippen LogP) is 3.55. The number of rotatable bonds is 5. The van der Waals surface area contributed by atoms with Crippen molar-refractivity contribution in [2.24, 2.45) is 0 Å². The molecule has 2 aromatic carbocycles. The second kappa shape index (κ2) is 7.29. The van der Waals surface area contributed by atoms with E-state index in [9.17, 15) is 9.59 Å². The Morgan fingerprint density at radius 2 is 1.77 bits per heavy atom. The van der Waals surface area contributed by atoms with E-state index in [1.807, 2.05) is 0 Å². The number of carbonyl (C=O) groups is 2. The third-order valence-electron chi connectivity index (χ3n) is 3.07. The fraction of sp³-hybridized carbons (Fsp3) is 0.125. The molecule has 0 radical (unpaired) electrons. The lowest BCUT2D eigenvalue weighted by Gasteiger charge is -2.08. The zero-order valence-corrected chi connectivity index (χ0v) is 13.0. The summed E-state index contributed by atoms with van der Waals surface area (Å²) in [6.45, 7) is 0.297. The monoisotopic (exact) mass is 337 g/mol. The highest BCUT2D eigenvalue weighted by Crippen LogP contribution is 2.22. The van der Waals surface area contributed by atoms with E-state index in [-0.39, 0.29) is 17.9 Å². The molecule has 0 atom stereocenters. The number of amides is 1. The third kappa shape index (κ3) is 4.23. The Hall–Kier alpha value is -2.04. The van der Waals surface area contributed by atoms with Crippen molar-refractivity contribution in [1.29, 1.82) is 0 Å². The summed E-state index contributed by atoms with van der Waals surface area (Å²) in [7, 11) is 0. The van der Waals surface area contributed by atoms with Gasteiger partial charge in [0.1, 0.15) is 0 Å². The predicted molar refractivity (Wildman–Crippen MR) is 85.4 cm³/mol. The zero-order chi connectivity index (χ0) is 16.1. The first kappa shape index (κ1) is 16.3. The highest BCUT2D eigenvalue weighted by atomic mass is 35.5. The molecule has 0 saturated heterocycles. The van der Waals surface area contributed by atoms with E-state index in [0.717, 1.165) is 5.56 Å². The summed E-state index contributed by atoms with van der Waals surface area (Å²) in [5.41, 5.74) is 1.42. The van der Waals surface area contributed by atoms with Crippen LogP contribution in [0.15, 0.2) is 42.5 Å². The first-order valence-corrected chi connectivity index (χ1v) is 7.25. The minimum absolute atomic E-state index is 0.00377. The van der Waals surface area contributed by atoms with E-state index >= 15 is 0 Å². The average molecular weight is 338 g/mol. The van der Waals surface area contributed by atoms with Crippen molar-refractivity contribution >= 4 is 35.1 Å². The van der Waals surface area contributed by atoms with Gasteiger partial charge in [0.2, 0.25) is 5.91 Å². The molecule has 0 aliphatic carbocycles. The summed E-state index contributed by atoms with van der Waals surface area (Å²) in [6.07, 6.45) is 0.00377. The van der Waals surface area contributed by atoms with Gasteiger partial charge in [-0.2, -0.15) is 0 Å². The standard InChI is InChI=1S/C16H13Cl2NO3/c17-13-6-5-10(7-14(13)18)9-19-15(20)8-11-3-1-2-4-12(11)16(21)22/h1-7H,8-9H2,(H,19,20)(H,21,22). The van der Waals surface area contributed by atoms with Crippen LogP contribution in [0.2, 0.25) is 10.0 Å². The number of benzene rings is 2. The Morgan fingerprint density at radius 3 is 2.45 bits per heavy atom. The first-order chi connectivity index (χ1) is 10.5. The molecule has 2 rings (SSSR count). The summed E-state index contributed by atoms with van der Waals surface area (Å²) in [5.74, 6) is -1.31. The van der Waals surface area contributed by atoms with Gasteiger partial charge in [-0.05, 0) is 29.3 Å². The lowest BCUT2D eigenvalue weighted by molar-refractivity contribution is -0.120. The maximum atomic E-state index is 11.9. The van der Waals surface area contributed by atoms with Crippen molar-refractivity contribution < 1.29 is 14.7 Å². The van der Waals surface area contributed by atoms with E-state index in [1.54, 1.807) is 36.4 Å². The van der Waals surface area contributed by atoms with E-state index in [4.69, 9.17) is 28.3 Å². The number of hydrogen-bond donors (Lipinski definition) is 2. The summed E-state index contributed by atoms with van der Waals surface area (Å²) in [4.78, 5) is 23.0. The number of nitrogens with one attached hydrogen (secondary N) is 1. The number of aromatic carboxylic acids is 1. The Balaban J connectivity index is 1.99. The zero-order valence-electron chi connectivity index (χ0n) is 11.5. The molecule has 22 heavy (non-hydrogen) atoms. The molecule has 2 aromatic rings. The van der Waals surface area contributed by atoms with Crippen LogP contribution in [0.1, 0.15) is 21.5 Å². The molecule has 0 aromatic heterocycles. The van der Waals surface area contributed by atoms with Crippen LogP contribution >= 0.6 is 23.2 Å². The molecule has 0 heterocycles. The molecule has 6 heteroatoms. The van der Waals surface area contributed by atoms with Gasteiger partial charge in [0.15, 0.2) is 0 Å². The summed E-state index contributed by atoms with van der Waals surface area (Å²) in [5, 5.41) is 12.7. The number of carboxylic acids is 1. The summed E-state index contributed by atoms with van der Waals surface area (Å²) < 4.78 is 0. The largest absolute Gasteiger partial charge is 0.478 e. The maximum absolute atomic E-state index is 11.9. The number of hydrogen-bond acceptors (Lipinski definition) is 2. The van der Waals surface area contributed by atoms with Gasteiger partial charge in [0.05, 0.1) is 22.0 Å². The van der Waals surface area contributed by atoms with Crippen molar-refractivity contribution in [3.63, 3.8) is 0 Å². The van der Waals surface area contributed by atoms with Crippen molar-refractivity contribution in [1.82, 2.24) is 5.32 Å². The maximum Gasteiger partial charge on any atom is 0.335 e. The van der Waals surface area contributed by atoms with Crippen LogP contribution in [0.4, 0.5) is 0 Å². The van der Waals surface area contributed by atoms with Gasteiger partial charge < -0.3 is 10.4 Å². The second-order valence-corrected chi connectivity index (χ2v) is 5.48. The average Bonchev–Trinajstić information content (AvgIpc) is 2.49. The topological polar surface area (TPSA) is 66.4 Å². The van der Waals surface area contributed by atoms with Crippen molar-refractivity contribution in [3.8, 4) is 0 Å². The van der Waals surface area contributed by atoms with Gasteiger partial charge in [-0.25, -0.2) is 4.79 Å². The number of halogens is 2. The normalized spacial score (nSPS) is 10.3. The van der Waals surface area contributed by atoms with Crippen LogP contribution in [-0.2, 0) is 17.8 Å².